The second-order valence-electron chi connectivity index (χ2n) is 5.07. The molecular weight excluding hydrogens is 268 g/mol. The minimum atomic E-state index is -0.232. The first-order valence-corrected chi connectivity index (χ1v) is 7.23. The van der Waals surface area contributed by atoms with E-state index < -0.39 is 0 Å². The number of hydrogen-bond acceptors (Lipinski definition) is 3. The maximum atomic E-state index is 11.8. The number of imidazole rings is 1. The number of carbonyl (C=O) groups is 1. The van der Waals surface area contributed by atoms with Crippen LogP contribution >= 0.6 is 0 Å². The summed E-state index contributed by atoms with van der Waals surface area (Å²) < 4.78 is 2.00. The molecule has 2 heterocycles. The molecule has 2 aromatic rings. The van der Waals surface area contributed by atoms with Gasteiger partial charge in [0.15, 0.2) is 0 Å². The fraction of sp³-hybridized carbons (Fsp3) is 0.467. The van der Waals surface area contributed by atoms with Crippen molar-refractivity contribution in [3.63, 3.8) is 0 Å². The van der Waals surface area contributed by atoms with Crippen LogP contribution in [0, 0.1) is 6.92 Å². The third-order valence-electron chi connectivity index (χ3n) is 3.48. The molecule has 0 aliphatic rings. The monoisotopic (exact) mass is 290 g/mol. The molecule has 2 amide bonds. The Bertz CT molecular complexity index is 609. The number of rotatable bonds is 6. The second-order valence-corrected chi connectivity index (χ2v) is 5.07. The van der Waals surface area contributed by atoms with Crippen molar-refractivity contribution in [2.75, 3.05) is 6.61 Å². The Morgan fingerprint density at radius 1 is 1.48 bits per heavy atom. The van der Waals surface area contributed by atoms with Crippen LogP contribution in [0.5, 0.6) is 0 Å². The van der Waals surface area contributed by atoms with E-state index in [1.165, 1.54) is 0 Å². The number of pyridine rings is 1. The Labute approximate surface area is 124 Å². The number of aryl methyl sites for hydroxylation is 1. The smallest absolute Gasteiger partial charge is 0.315 e. The van der Waals surface area contributed by atoms with Gasteiger partial charge in [0.1, 0.15) is 5.65 Å². The Hall–Kier alpha value is -2.08. The van der Waals surface area contributed by atoms with E-state index in [2.05, 4.69) is 15.6 Å². The summed E-state index contributed by atoms with van der Waals surface area (Å²) in [7, 11) is 0. The molecule has 0 bridgehead atoms. The van der Waals surface area contributed by atoms with Gasteiger partial charge >= 0.3 is 6.03 Å². The number of hydrogen-bond donors (Lipinski definition) is 3. The minimum absolute atomic E-state index is 0.00156. The normalized spacial score (nSPS) is 12.3. The van der Waals surface area contributed by atoms with E-state index in [0.717, 1.165) is 23.5 Å². The first kappa shape index (κ1) is 15.3. The molecule has 0 fully saturated rings. The molecule has 0 aromatic carbocycles. The zero-order chi connectivity index (χ0) is 15.2. The van der Waals surface area contributed by atoms with Gasteiger partial charge in [-0.25, -0.2) is 9.78 Å². The van der Waals surface area contributed by atoms with Gasteiger partial charge in [-0.3, -0.25) is 0 Å². The van der Waals surface area contributed by atoms with E-state index in [9.17, 15) is 4.79 Å². The predicted molar refractivity (Wildman–Crippen MR) is 81.1 cm³/mol. The van der Waals surface area contributed by atoms with Gasteiger partial charge in [-0.2, -0.15) is 0 Å². The number of carbonyl (C=O) groups excluding carboxylic acids is 1. The molecule has 0 saturated carbocycles. The number of aromatic nitrogens is 2. The van der Waals surface area contributed by atoms with Crippen LogP contribution in [0.4, 0.5) is 4.79 Å². The van der Waals surface area contributed by atoms with Crippen molar-refractivity contribution < 1.29 is 9.90 Å². The highest BCUT2D eigenvalue weighted by molar-refractivity contribution is 5.74. The number of nitrogens with one attached hydrogen (secondary N) is 2. The lowest BCUT2D eigenvalue weighted by Crippen LogP contribution is -2.41. The summed E-state index contributed by atoms with van der Waals surface area (Å²) in [6.07, 6.45) is 3.29. The topological polar surface area (TPSA) is 78.7 Å². The van der Waals surface area contributed by atoms with Gasteiger partial charge in [-0.1, -0.05) is 13.0 Å². The molecule has 1 unspecified atom stereocenters. The highest BCUT2D eigenvalue weighted by Gasteiger charge is 2.10. The molecule has 2 rings (SSSR count). The highest BCUT2D eigenvalue weighted by Crippen LogP contribution is 2.08. The van der Waals surface area contributed by atoms with E-state index in [0.29, 0.717) is 13.0 Å². The van der Waals surface area contributed by atoms with Crippen molar-refractivity contribution in [1.29, 1.82) is 0 Å². The first-order valence-electron chi connectivity index (χ1n) is 7.23. The number of amides is 2. The van der Waals surface area contributed by atoms with Crippen molar-refractivity contribution >= 4 is 11.7 Å². The quantitative estimate of drug-likeness (QED) is 0.756. The Kier molecular flexibility index (Phi) is 5.16. The van der Waals surface area contributed by atoms with Gasteiger partial charge in [-0.15, -0.1) is 0 Å². The van der Waals surface area contributed by atoms with Gasteiger partial charge in [0.05, 0.1) is 12.2 Å². The summed E-state index contributed by atoms with van der Waals surface area (Å²) in [5.74, 6) is 0. The van der Waals surface area contributed by atoms with Crippen molar-refractivity contribution in [3.8, 4) is 0 Å². The number of aliphatic hydroxyl groups is 1. The minimum Gasteiger partial charge on any atom is -0.396 e. The van der Waals surface area contributed by atoms with E-state index in [-0.39, 0.29) is 18.7 Å². The standard InChI is InChI=1S/C15H22N4O2/c1-3-12(7-8-20)18-15(21)16-9-13-10-19-11(2)5-4-6-14(19)17-13/h4-6,10,12,20H,3,7-9H2,1-2H3,(H2,16,18,21). The van der Waals surface area contributed by atoms with Gasteiger partial charge < -0.3 is 20.1 Å². The molecule has 0 saturated heterocycles. The van der Waals surface area contributed by atoms with Crippen molar-refractivity contribution in [2.24, 2.45) is 0 Å². The first-order chi connectivity index (χ1) is 10.1. The molecule has 0 spiro atoms. The number of nitrogens with zero attached hydrogens (tertiary/aromatic N) is 2. The van der Waals surface area contributed by atoms with Crippen LogP contribution in [0.25, 0.3) is 5.65 Å². The maximum absolute atomic E-state index is 11.8. The second kappa shape index (κ2) is 7.08. The number of fused-ring (bicyclic) bond motifs is 1. The van der Waals surface area contributed by atoms with Crippen molar-refractivity contribution in [2.45, 2.75) is 39.3 Å². The molecule has 6 heteroatoms. The Balaban J connectivity index is 1.92. The Morgan fingerprint density at radius 2 is 2.29 bits per heavy atom. The molecule has 1 atom stereocenters. The van der Waals surface area contributed by atoms with Gasteiger partial charge in [0, 0.05) is 24.5 Å². The number of aliphatic hydroxyl groups excluding tert-OH is 1. The molecule has 21 heavy (non-hydrogen) atoms. The third-order valence-corrected chi connectivity index (χ3v) is 3.48. The summed E-state index contributed by atoms with van der Waals surface area (Å²) in [5.41, 5.74) is 2.79. The van der Waals surface area contributed by atoms with E-state index >= 15 is 0 Å². The average Bonchev–Trinajstić information content (AvgIpc) is 2.89. The van der Waals surface area contributed by atoms with Gasteiger partial charge in [-0.05, 0) is 31.9 Å². The van der Waals surface area contributed by atoms with Gasteiger partial charge in [0.25, 0.3) is 0 Å². The molecule has 0 radical (unpaired) electrons. The fourth-order valence-electron chi connectivity index (χ4n) is 2.23. The zero-order valence-corrected chi connectivity index (χ0v) is 12.5. The van der Waals surface area contributed by atoms with Gasteiger partial charge in [0.2, 0.25) is 0 Å². The average molecular weight is 290 g/mol. The predicted octanol–water partition coefficient (Wildman–Crippen LogP) is 1.60. The fourth-order valence-corrected chi connectivity index (χ4v) is 2.23. The summed E-state index contributed by atoms with van der Waals surface area (Å²) in [4.78, 5) is 16.3. The Morgan fingerprint density at radius 3 is 2.95 bits per heavy atom. The van der Waals surface area contributed by atoms with Crippen molar-refractivity contribution in [1.82, 2.24) is 20.0 Å². The molecular formula is C15H22N4O2. The summed E-state index contributed by atoms with van der Waals surface area (Å²) in [6, 6.07) is 5.68. The SMILES string of the molecule is CCC(CCO)NC(=O)NCc1cn2c(C)cccc2n1. The van der Waals surface area contributed by atoms with Crippen LogP contribution in [-0.4, -0.2) is 33.2 Å². The zero-order valence-electron chi connectivity index (χ0n) is 12.5. The van der Waals surface area contributed by atoms with E-state index in [1.54, 1.807) is 0 Å². The third kappa shape index (κ3) is 3.95. The highest BCUT2D eigenvalue weighted by atomic mass is 16.3. The maximum Gasteiger partial charge on any atom is 0.315 e. The van der Waals surface area contributed by atoms with Crippen LogP contribution in [0.3, 0.4) is 0 Å². The molecule has 0 aliphatic carbocycles. The van der Waals surface area contributed by atoms with Crippen LogP contribution in [-0.2, 0) is 6.54 Å². The lowest BCUT2D eigenvalue weighted by atomic mass is 10.2. The largest absolute Gasteiger partial charge is 0.396 e. The molecule has 2 aromatic heterocycles. The summed E-state index contributed by atoms with van der Waals surface area (Å²) in [5, 5.41) is 14.5. The van der Waals surface area contributed by atoms with Crippen LogP contribution < -0.4 is 10.6 Å². The summed E-state index contributed by atoms with van der Waals surface area (Å²) in [6.45, 7) is 4.44. The lowest BCUT2D eigenvalue weighted by Gasteiger charge is -2.15. The molecule has 114 valence electrons. The van der Waals surface area contributed by atoms with Crippen LogP contribution in [0.2, 0.25) is 0 Å². The number of urea groups is 1. The van der Waals surface area contributed by atoms with Crippen LogP contribution in [0.15, 0.2) is 24.4 Å². The summed E-state index contributed by atoms with van der Waals surface area (Å²) >= 11 is 0. The molecule has 6 nitrogen and oxygen atoms in total. The van der Waals surface area contributed by atoms with E-state index in [4.69, 9.17) is 5.11 Å². The van der Waals surface area contributed by atoms with Crippen LogP contribution in [0.1, 0.15) is 31.2 Å². The lowest BCUT2D eigenvalue weighted by molar-refractivity contribution is 0.227. The van der Waals surface area contributed by atoms with Crippen molar-refractivity contribution in [3.05, 3.63) is 35.8 Å². The molecule has 3 N–H and O–H groups in total. The van der Waals surface area contributed by atoms with E-state index in [1.807, 2.05) is 42.6 Å². The molecule has 0 aliphatic heterocycles.